The molecule has 27 heavy (non-hydrogen) atoms. The number of hydrogen-bond acceptors (Lipinski definition) is 5. The molecule has 0 aliphatic heterocycles. The molecule has 0 saturated heterocycles. The second kappa shape index (κ2) is 6.22. The molecule has 0 radical (unpaired) electrons. The lowest BCUT2D eigenvalue weighted by Gasteiger charge is -2.24. The predicted molar refractivity (Wildman–Crippen MR) is 99.6 cm³/mol. The maximum absolute atomic E-state index is 13.6. The monoisotopic (exact) mass is 369 g/mol. The van der Waals surface area contributed by atoms with Crippen LogP contribution in [0.4, 0.5) is 20.8 Å². The van der Waals surface area contributed by atoms with E-state index in [2.05, 4.69) is 27.5 Å². The van der Waals surface area contributed by atoms with E-state index >= 15 is 0 Å². The average molecular weight is 369 g/mol. The van der Waals surface area contributed by atoms with E-state index in [1.54, 1.807) is 6.07 Å². The highest BCUT2D eigenvalue weighted by atomic mass is 19.1. The maximum atomic E-state index is 13.6. The summed E-state index contributed by atoms with van der Waals surface area (Å²) >= 11 is 0. The number of nitrogens with two attached hydrogens (primary N) is 1. The summed E-state index contributed by atoms with van der Waals surface area (Å²) in [4.78, 5) is 20.2. The second-order valence-corrected chi connectivity index (χ2v) is 7.25. The van der Waals surface area contributed by atoms with Gasteiger partial charge in [0, 0.05) is 10.9 Å². The molecule has 2 aromatic heterocycles. The first kappa shape index (κ1) is 17.3. The Kier molecular flexibility index (Phi) is 3.98. The summed E-state index contributed by atoms with van der Waals surface area (Å²) in [6.07, 6.45) is 4.80. The fourth-order valence-corrected chi connectivity index (χ4v) is 3.23. The van der Waals surface area contributed by atoms with Gasteiger partial charge in [0.1, 0.15) is 17.2 Å². The Hall–Kier alpha value is -3.16. The number of hydrogen-bond donors (Lipinski definition) is 3. The van der Waals surface area contributed by atoms with Gasteiger partial charge in [-0.3, -0.25) is 0 Å². The molecule has 7 nitrogen and oxygen atoms in total. The van der Waals surface area contributed by atoms with Crippen molar-refractivity contribution in [2.75, 3.05) is 11.1 Å². The van der Waals surface area contributed by atoms with Crippen molar-refractivity contribution in [1.29, 1.82) is 0 Å². The highest BCUT2D eigenvalue weighted by molar-refractivity contribution is 5.89. The summed E-state index contributed by atoms with van der Waals surface area (Å²) in [5.41, 5.74) is 7.22. The minimum absolute atomic E-state index is 0.105. The molecule has 2 amide bonds. The lowest BCUT2D eigenvalue weighted by molar-refractivity contribution is 0.237. The van der Waals surface area contributed by atoms with Crippen LogP contribution in [0, 0.1) is 18.2 Å². The van der Waals surface area contributed by atoms with Gasteiger partial charge in [-0.1, -0.05) is 6.92 Å². The van der Waals surface area contributed by atoms with Crippen molar-refractivity contribution in [3.05, 3.63) is 47.7 Å². The molecular weight excluding hydrogens is 349 g/mol. The summed E-state index contributed by atoms with van der Waals surface area (Å²) in [7, 11) is 0. The van der Waals surface area contributed by atoms with Gasteiger partial charge >= 0.3 is 6.03 Å². The van der Waals surface area contributed by atoms with Gasteiger partial charge in [-0.2, -0.15) is 0 Å². The van der Waals surface area contributed by atoms with Crippen LogP contribution in [0.15, 0.2) is 35.0 Å². The van der Waals surface area contributed by atoms with Gasteiger partial charge in [0.2, 0.25) is 5.95 Å². The zero-order valence-corrected chi connectivity index (χ0v) is 15.0. The molecule has 1 saturated carbocycles. The number of rotatable bonds is 4. The lowest BCUT2D eigenvalue weighted by Crippen LogP contribution is -2.36. The molecule has 1 aliphatic carbocycles. The largest absolute Gasteiger partial charge is 0.459 e. The van der Waals surface area contributed by atoms with Crippen LogP contribution in [0.1, 0.15) is 37.1 Å². The Morgan fingerprint density at radius 1 is 1.33 bits per heavy atom. The van der Waals surface area contributed by atoms with E-state index in [1.807, 2.05) is 6.92 Å². The fourth-order valence-electron chi connectivity index (χ4n) is 3.23. The van der Waals surface area contributed by atoms with Crippen LogP contribution in [-0.4, -0.2) is 16.0 Å². The molecule has 4 rings (SSSR count). The van der Waals surface area contributed by atoms with Gasteiger partial charge in [-0.15, -0.1) is 0 Å². The van der Waals surface area contributed by atoms with Gasteiger partial charge < -0.3 is 20.8 Å². The van der Waals surface area contributed by atoms with Crippen molar-refractivity contribution < 1.29 is 13.6 Å². The maximum Gasteiger partial charge on any atom is 0.319 e. The van der Waals surface area contributed by atoms with Crippen molar-refractivity contribution >= 4 is 28.6 Å². The van der Waals surface area contributed by atoms with Gasteiger partial charge in [0.15, 0.2) is 0 Å². The smallest absolute Gasteiger partial charge is 0.319 e. The van der Waals surface area contributed by atoms with Crippen LogP contribution in [-0.2, 0) is 0 Å². The lowest BCUT2D eigenvalue weighted by atomic mass is 9.94. The topological polar surface area (TPSA) is 106 Å². The van der Waals surface area contributed by atoms with Crippen LogP contribution in [0.2, 0.25) is 0 Å². The van der Waals surface area contributed by atoms with Crippen LogP contribution >= 0.6 is 0 Å². The van der Waals surface area contributed by atoms with E-state index in [0.29, 0.717) is 22.4 Å². The number of anilines is 2. The van der Waals surface area contributed by atoms with E-state index in [1.165, 1.54) is 24.5 Å². The van der Waals surface area contributed by atoms with Crippen LogP contribution in [0.3, 0.4) is 0 Å². The summed E-state index contributed by atoms with van der Waals surface area (Å²) < 4.78 is 19.6. The van der Waals surface area contributed by atoms with E-state index in [4.69, 9.17) is 10.2 Å². The average Bonchev–Trinajstić information content (AvgIpc) is 3.31. The molecule has 4 N–H and O–H groups in total. The SMILES string of the molecule is Cc1c(C(NC(=O)Nc2cnc(N)nc2)C2(C)CC2)oc2ccc(F)cc12. The van der Waals surface area contributed by atoms with E-state index < -0.39 is 6.03 Å². The number of carbonyl (C=O) groups is 1. The summed E-state index contributed by atoms with van der Waals surface area (Å²) in [6, 6.07) is 3.70. The highest BCUT2D eigenvalue weighted by Crippen LogP contribution is 2.55. The van der Waals surface area contributed by atoms with Crippen molar-refractivity contribution in [3.8, 4) is 0 Å². The molecule has 1 aromatic carbocycles. The van der Waals surface area contributed by atoms with Crippen LogP contribution in [0.25, 0.3) is 11.0 Å². The van der Waals surface area contributed by atoms with E-state index in [0.717, 1.165) is 18.4 Å². The van der Waals surface area contributed by atoms with E-state index in [9.17, 15) is 9.18 Å². The standard InChI is InChI=1S/C19H20FN5O2/c1-10-13-7-11(20)3-4-14(13)27-15(10)16(19(2)5-6-19)25-18(26)24-12-8-22-17(21)23-9-12/h3-4,7-9,16H,5-6H2,1-2H3,(H2,21,22,23)(H2,24,25,26). The van der Waals surface area contributed by atoms with Gasteiger partial charge in [0.05, 0.1) is 24.1 Å². The molecule has 1 aliphatic rings. The third-order valence-electron chi connectivity index (χ3n) is 5.14. The molecule has 1 unspecified atom stereocenters. The number of urea groups is 1. The molecule has 0 spiro atoms. The second-order valence-electron chi connectivity index (χ2n) is 7.25. The number of halogens is 1. The zero-order valence-electron chi connectivity index (χ0n) is 15.0. The number of furan rings is 1. The van der Waals surface area contributed by atoms with Crippen LogP contribution < -0.4 is 16.4 Å². The first-order valence-electron chi connectivity index (χ1n) is 8.69. The number of benzene rings is 1. The Labute approximate surface area is 155 Å². The van der Waals surface area contributed by atoms with Gasteiger partial charge in [-0.05, 0) is 43.4 Å². The van der Waals surface area contributed by atoms with Gasteiger partial charge in [-0.25, -0.2) is 19.2 Å². The summed E-state index contributed by atoms with van der Waals surface area (Å²) in [6.45, 7) is 3.98. The van der Waals surface area contributed by atoms with Gasteiger partial charge in [0.25, 0.3) is 0 Å². The first-order valence-corrected chi connectivity index (χ1v) is 8.69. The number of nitrogen functional groups attached to an aromatic ring is 1. The number of aryl methyl sites for hydroxylation is 1. The minimum Gasteiger partial charge on any atom is -0.459 e. The Bertz CT molecular complexity index is 1010. The summed E-state index contributed by atoms with van der Waals surface area (Å²) in [5.74, 6) is 0.468. The molecule has 3 aromatic rings. The fraction of sp³-hybridized carbons (Fsp3) is 0.316. The summed E-state index contributed by atoms with van der Waals surface area (Å²) in [5, 5.41) is 6.41. The number of carbonyl (C=O) groups excluding carboxylic acids is 1. The predicted octanol–water partition coefficient (Wildman–Crippen LogP) is 3.92. The third kappa shape index (κ3) is 3.30. The minimum atomic E-state index is -0.396. The van der Waals surface area contributed by atoms with Crippen molar-refractivity contribution in [2.45, 2.75) is 32.7 Å². The Morgan fingerprint density at radius 3 is 2.70 bits per heavy atom. The quantitative estimate of drug-likeness (QED) is 0.646. The Balaban J connectivity index is 1.62. The molecule has 1 atom stereocenters. The molecule has 0 bridgehead atoms. The zero-order chi connectivity index (χ0) is 19.2. The normalized spacial score (nSPS) is 16.1. The number of nitrogens with one attached hydrogen (secondary N) is 2. The Morgan fingerprint density at radius 2 is 2.04 bits per heavy atom. The van der Waals surface area contributed by atoms with Crippen LogP contribution in [0.5, 0.6) is 0 Å². The van der Waals surface area contributed by atoms with Crippen molar-refractivity contribution in [2.24, 2.45) is 5.41 Å². The highest BCUT2D eigenvalue weighted by Gasteiger charge is 2.48. The first-order chi connectivity index (χ1) is 12.9. The van der Waals surface area contributed by atoms with Crippen molar-refractivity contribution in [3.63, 3.8) is 0 Å². The number of amides is 2. The molecule has 8 heteroatoms. The molecule has 2 heterocycles. The molecular formula is C19H20FN5O2. The van der Waals surface area contributed by atoms with Crippen molar-refractivity contribution in [1.82, 2.24) is 15.3 Å². The molecule has 140 valence electrons. The molecule has 1 fully saturated rings. The van der Waals surface area contributed by atoms with E-state index in [-0.39, 0.29) is 23.2 Å². The number of fused-ring (bicyclic) bond motifs is 1. The number of aromatic nitrogens is 2. The number of nitrogens with zero attached hydrogens (tertiary/aromatic N) is 2. The third-order valence-corrected chi connectivity index (χ3v) is 5.14.